The zero-order chi connectivity index (χ0) is 17.8. The van der Waals surface area contributed by atoms with Crippen molar-refractivity contribution in [3.8, 4) is 0 Å². The molecular weight excluding hydrogens is 298 g/mol. The van der Waals surface area contributed by atoms with Gasteiger partial charge in [-0.1, -0.05) is 13.8 Å². The summed E-state index contributed by atoms with van der Waals surface area (Å²) in [4.78, 5) is 27.9. The Kier molecular flexibility index (Phi) is 6.83. The highest BCUT2D eigenvalue weighted by Crippen LogP contribution is 2.17. The molecule has 0 saturated carbocycles. The zero-order valence-corrected chi connectivity index (χ0v) is 15.2. The number of hydrogen-bond donors (Lipinski definition) is 1. The molecule has 134 valence electrons. The predicted molar refractivity (Wildman–Crippen MR) is 88.0 cm³/mol. The SMILES string of the molecule is COC(=O)[C@@H]1CN(C(=O)OC(C)(C)C)CCN1CC(N)C(C)C. The molecule has 0 aliphatic carbocycles. The fourth-order valence-electron chi connectivity index (χ4n) is 2.37. The number of piperazine rings is 1. The Morgan fingerprint density at radius 2 is 1.87 bits per heavy atom. The van der Waals surface area contributed by atoms with Gasteiger partial charge in [-0.15, -0.1) is 0 Å². The van der Waals surface area contributed by atoms with Crippen LogP contribution in [-0.2, 0) is 14.3 Å². The molecule has 0 aromatic heterocycles. The Bertz CT molecular complexity index is 420. The number of amides is 1. The second-order valence-corrected chi connectivity index (χ2v) is 7.37. The molecule has 0 aromatic carbocycles. The van der Waals surface area contributed by atoms with Crippen LogP contribution in [0.3, 0.4) is 0 Å². The highest BCUT2D eigenvalue weighted by molar-refractivity contribution is 5.77. The van der Waals surface area contributed by atoms with Crippen LogP contribution in [0.2, 0.25) is 0 Å². The summed E-state index contributed by atoms with van der Waals surface area (Å²) in [5.74, 6) is -0.0357. The van der Waals surface area contributed by atoms with Crippen LogP contribution < -0.4 is 5.73 Å². The van der Waals surface area contributed by atoms with Crippen molar-refractivity contribution in [1.29, 1.82) is 0 Å². The first-order valence-electron chi connectivity index (χ1n) is 8.10. The summed E-state index contributed by atoms with van der Waals surface area (Å²) in [5, 5.41) is 0. The topological polar surface area (TPSA) is 85.1 Å². The van der Waals surface area contributed by atoms with E-state index in [2.05, 4.69) is 13.8 Å². The molecule has 1 amide bonds. The molecule has 7 heteroatoms. The van der Waals surface area contributed by atoms with E-state index >= 15 is 0 Å². The molecule has 1 heterocycles. The first-order chi connectivity index (χ1) is 10.5. The number of carbonyl (C=O) groups excluding carboxylic acids is 2. The van der Waals surface area contributed by atoms with E-state index in [1.165, 1.54) is 7.11 Å². The Labute approximate surface area is 139 Å². The Morgan fingerprint density at radius 1 is 1.26 bits per heavy atom. The van der Waals surface area contributed by atoms with E-state index in [1.54, 1.807) is 4.90 Å². The molecule has 0 bridgehead atoms. The highest BCUT2D eigenvalue weighted by atomic mass is 16.6. The molecule has 2 N–H and O–H groups in total. The van der Waals surface area contributed by atoms with Crippen molar-refractivity contribution >= 4 is 12.1 Å². The minimum absolute atomic E-state index is 0.0322. The summed E-state index contributed by atoms with van der Waals surface area (Å²) in [5.41, 5.74) is 5.57. The molecule has 7 nitrogen and oxygen atoms in total. The second-order valence-electron chi connectivity index (χ2n) is 7.37. The lowest BCUT2D eigenvalue weighted by atomic mass is 10.0. The Hall–Kier alpha value is -1.34. The largest absolute Gasteiger partial charge is 0.468 e. The van der Waals surface area contributed by atoms with Gasteiger partial charge in [0.25, 0.3) is 0 Å². The quantitative estimate of drug-likeness (QED) is 0.777. The number of carbonyl (C=O) groups is 2. The minimum atomic E-state index is -0.561. The van der Waals surface area contributed by atoms with E-state index in [-0.39, 0.29) is 18.6 Å². The molecule has 1 fully saturated rings. The van der Waals surface area contributed by atoms with Crippen molar-refractivity contribution in [3.05, 3.63) is 0 Å². The van der Waals surface area contributed by atoms with Gasteiger partial charge in [0.1, 0.15) is 11.6 Å². The van der Waals surface area contributed by atoms with Crippen LogP contribution in [0, 0.1) is 5.92 Å². The summed E-state index contributed by atoms with van der Waals surface area (Å²) in [7, 11) is 1.36. The zero-order valence-electron chi connectivity index (χ0n) is 15.2. The van der Waals surface area contributed by atoms with Gasteiger partial charge in [0.2, 0.25) is 0 Å². The van der Waals surface area contributed by atoms with Gasteiger partial charge in [0.15, 0.2) is 0 Å². The van der Waals surface area contributed by atoms with Crippen molar-refractivity contribution in [2.75, 3.05) is 33.3 Å². The number of methoxy groups -OCH3 is 1. The Balaban J connectivity index is 2.77. The first-order valence-corrected chi connectivity index (χ1v) is 8.10. The van der Waals surface area contributed by atoms with E-state index in [0.717, 1.165) is 0 Å². The maximum atomic E-state index is 12.2. The van der Waals surface area contributed by atoms with E-state index in [9.17, 15) is 9.59 Å². The average Bonchev–Trinajstić information content (AvgIpc) is 2.44. The number of hydrogen-bond acceptors (Lipinski definition) is 6. The van der Waals surface area contributed by atoms with Crippen molar-refractivity contribution in [3.63, 3.8) is 0 Å². The molecule has 0 radical (unpaired) electrons. The maximum Gasteiger partial charge on any atom is 0.410 e. The summed E-state index contributed by atoms with van der Waals surface area (Å²) in [6.07, 6.45) is -0.404. The molecule has 1 saturated heterocycles. The average molecular weight is 329 g/mol. The monoisotopic (exact) mass is 329 g/mol. The third-order valence-corrected chi connectivity index (χ3v) is 3.92. The van der Waals surface area contributed by atoms with Crippen molar-refractivity contribution in [1.82, 2.24) is 9.80 Å². The van der Waals surface area contributed by atoms with Crippen LogP contribution in [0.5, 0.6) is 0 Å². The number of esters is 1. The van der Waals surface area contributed by atoms with Crippen LogP contribution in [0.1, 0.15) is 34.6 Å². The predicted octanol–water partition coefficient (Wildman–Crippen LogP) is 1.06. The molecular formula is C16H31N3O4. The first kappa shape index (κ1) is 19.7. The number of ether oxygens (including phenoxy) is 2. The van der Waals surface area contributed by atoms with Crippen molar-refractivity contribution < 1.29 is 19.1 Å². The van der Waals surface area contributed by atoms with Gasteiger partial charge >= 0.3 is 12.1 Å². The van der Waals surface area contributed by atoms with Crippen LogP contribution in [0.25, 0.3) is 0 Å². The van der Waals surface area contributed by atoms with Gasteiger partial charge in [-0.25, -0.2) is 4.79 Å². The van der Waals surface area contributed by atoms with Crippen LogP contribution in [-0.4, -0.2) is 72.8 Å². The fraction of sp³-hybridized carbons (Fsp3) is 0.875. The number of nitrogens with two attached hydrogens (primary N) is 1. The third-order valence-electron chi connectivity index (χ3n) is 3.92. The number of nitrogens with zero attached hydrogens (tertiary/aromatic N) is 2. The maximum absolute atomic E-state index is 12.2. The van der Waals surface area contributed by atoms with Gasteiger partial charge in [-0.2, -0.15) is 0 Å². The lowest BCUT2D eigenvalue weighted by molar-refractivity contribution is -0.149. The van der Waals surface area contributed by atoms with Crippen LogP contribution in [0.15, 0.2) is 0 Å². The lowest BCUT2D eigenvalue weighted by Gasteiger charge is -2.41. The highest BCUT2D eigenvalue weighted by Gasteiger charge is 2.37. The van der Waals surface area contributed by atoms with Gasteiger partial charge in [0, 0.05) is 25.7 Å². The number of rotatable bonds is 4. The van der Waals surface area contributed by atoms with Crippen LogP contribution >= 0.6 is 0 Å². The third kappa shape index (κ3) is 5.99. The van der Waals surface area contributed by atoms with E-state index in [0.29, 0.717) is 25.6 Å². The van der Waals surface area contributed by atoms with Gasteiger partial charge < -0.3 is 20.1 Å². The summed E-state index contributed by atoms with van der Waals surface area (Å²) >= 11 is 0. The minimum Gasteiger partial charge on any atom is -0.468 e. The molecule has 0 spiro atoms. The summed E-state index contributed by atoms with van der Waals surface area (Å²) < 4.78 is 10.3. The second kappa shape index (κ2) is 7.97. The normalized spacial score (nSPS) is 21.2. The van der Waals surface area contributed by atoms with Gasteiger partial charge in [0.05, 0.1) is 13.7 Å². The molecule has 1 aliphatic rings. The van der Waals surface area contributed by atoms with Crippen LogP contribution in [0.4, 0.5) is 4.79 Å². The molecule has 0 aromatic rings. The molecule has 1 rings (SSSR count). The molecule has 1 aliphatic heterocycles. The van der Waals surface area contributed by atoms with E-state index < -0.39 is 17.7 Å². The van der Waals surface area contributed by atoms with Gasteiger partial charge in [-0.05, 0) is 26.7 Å². The standard InChI is InChI=1S/C16H31N3O4/c1-11(2)12(17)9-18-7-8-19(10-13(18)14(20)22-6)15(21)23-16(3,4)5/h11-13H,7-10,17H2,1-6H3/t12?,13-/m0/s1. The van der Waals surface area contributed by atoms with E-state index in [1.807, 2.05) is 25.7 Å². The molecule has 2 atom stereocenters. The van der Waals surface area contributed by atoms with E-state index in [4.69, 9.17) is 15.2 Å². The smallest absolute Gasteiger partial charge is 0.410 e. The van der Waals surface area contributed by atoms with Gasteiger partial charge in [-0.3, -0.25) is 9.69 Å². The molecule has 1 unspecified atom stereocenters. The summed E-state index contributed by atoms with van der Waals surface area (Å²) in [6, 6.07) is -0.540. The summed E-state index contributed by atoms with van der Waals surface area (Å²) in [6.45, 7) is 11.5. The van der Waals surface area contributed by atoms with Crippen molar-refractivity contribution in [2.45, 2.75) is 52.3 Å². The lowest BCUT2D eigenvalue weighted by Crippen LogP contribution is -2.60. The molecule has 23 heavy (non-hydrogen) atoms. The fourth-order valence-corrected chi connectivity index (χ4v) is 2.37. The Morgan fingerprint density at radius 3 is 2.35 bits per heavy atom. The van der Waals surface area contributed by atoms with Crippen molar-refractivity contribution in [2.24, 2.45) is 11.7 Å².